The SMILES string of the molecule is CC(C)(C)OC(=O)N1CCC(SCc2nc3cc(NC4CCCC4)ccc3c(=O)[nH]2)CC1. The zero-order valence-corrected chi connectivity index (χ0v) is 20.1. The number of ether oxygens (including phenoxy) is 1. The van der Waals surface area contributed by atoms with Gasteiger partial charge in [0.15, 0.2) is 0 Å². The predicted octanol–water partition coefficient (Wildman–Crippen LogP) is 4.91. The maximum atomic E-state index is 12.6. The quantitative estimate of drug-likeness (QED) is 0.662. The van der Waals surface area contributed by atoms with E-state index in [9.17, 15) is 9.59 Å². The van der Waals surface area contributed by atoms with Crippen molar-refractivity contribution in [1.29, 1.82) is 0 Å². The third kappa shape index (κ3) is 5.97. The Kier molecular flexibility index (Phi) is 6.98. The van der Waals surface area contributed by atoms with Gasteiger partial charge in [-0.2, -0.15) is 11.8 Å². The Balaban J connectivity index is 1.34. The zero-order valence-electron chi connectivity index (χ0n) is 19.3. The van der Waals surface area contributed by atoms with Crippen LogP contribution in [-0.4, -0.2) is 50.9 Å². The normalized spacial score (nSPS) is 18.3. The fraction of sp³-hybridized carbons (Fsp3) is 0.625. The van der Waals surface area contributed by atoms with Crippen molar-refractivity contribution in [1.82, 2.24) is 14.9 Å². The number of nitrogens with one attached hydrogen (secondary N) is 2. The van der Waals surface area contributed by atoms with Crippen LogP contribution in [0, 0.1) is 0 Å². The van der Waals surface area contributed by atoms with E-state index in [2.05, 4.69) is 10.3 Å². The predicted molar refractivity (Wildman–Crippen MR) is 130 cm³/mol. The number of carbonyl (C=O) groups excluding carboxylic acids is 1. The largest absolute Gasteiger partial charge is 0.444 e. The second-order valence-electron chi connectivity index (χ2n) is 9.85. The van der Waals surface area contributed by atoms with Gasteiger partial charge in [0.2, 0.25) is 0 Å². The molecule has 0 spiro atoms. The summed E-state index contributed by atoms with van der Waals surface area (Å²) in [6.07, 6.45) is 6.56. The van der Waals surface area contributed by atoms with Crippen LogP contribution in [-0.2, 0) is 10.5 Å². The number of H-pyrrole nitrogens is 1. The smallest absolute Gasteiger partial charge is 0.410 e. The fourth-order valence-corrected chi connectivity index (χ4v) is 5.45. The lowest BCUT2D eigenvalue weighted by molar-refractivity contribution is 0.0219. The summed E-state index contributed by atoms with van der Waals surface area (Å²) in [5.74, 6) is 1.36. The molecule has 7 nitrogen and oxygen atoms in total. The summed E-state index contributed by atoms with van der Waals surface area (Å²) in [5.41, 5.74) is 1.23. The molecule has 1 amide bonds. The van der Waals surface area contributed by atoms with E-state index in [0.717, 1.165) is 24.0 Å². The number of thioether (sulfide) groups is 1. The number of fused-ring (bicyclic) bond motifs is 1. The van der Waals surface area contributed by atoms with E-state index in [0.29, 0.717) is 41.3 Å². The molecule has 0 atom stereocenters. The van der Waals surface area contributed by atoms with E-state index >= 15 is 0 Å². The molecule has 8 heteroatoms. The lowest BCUT2D eigenvalue weighted by Gasteiger charge is -2.33. The van der Waals surface area contributed by atoms with Gasteiger partial charge < -0.3 is 19.9 Å². The Labute approximate surface area is 193 Å². The van der Waals surface area contributed by atoms with Gasteiger partial charge in [0.1, 0.15) is 11.4 Å². The number of nitrogens with zero attached hydrogens (tertiary/aromatic N) is 2. The van der Waals surface area contributed by atoms with Crippen LogP contribution in [0.2, 0.25) is 0 Å². The van der Waals surface area contributed by atoms with Crippen LogP contribution in [0.3, 0.4) is 0 Å². The van der Waals surface area contributed by atoms with Gasteiger partial charge in [-0.05, 0) is 64.7 Å². The van der Waals surface area contributed by atoms with Crippen LogP contribution >= 0.6 is 11.8 Å². The molecule has 174 valence electrons. The average Bonchev–Trinajstić information content (AvgIpc) is 3.24. The zero-order chi connectivity index (χ0) is 22.7. The number of benzene rings is 1. The van der Waals surface area contributed by atoms with E-state index in [1.54, 1.807) is 16.7 Å². The fourth-order valence-electron chi connectivity index (χ4n) is 4.38. The van der Waals surface area contributed by atoms with Gasteiger partial charge >= 0.3 is 6.09 Å². The first-order valence-electron chi connectivity index (χ1n) is 11.7. The van der Waals surface area contributed by atoms with Crippen molar-refractivity contribution in [3.8, 4) is 0 Å². The maximum Gasteiger partial charge on any atom is 0.410 e. The molecular weight excluding hydrogens is 424 g/mol. The molecule has 1 saturated heterocycles. The molecular formula is C24H34N4O3S. The van der Waals surface area contributed by atoms with Gasteiger partial charge in [-0.3, -0.25) is 4.79 Å². The third-order valence-corrected chi connectivity index (χ3v) is 7.41. The first-order chi connectivity index (χ1) is 15.3. The summed E-state index contributed by atoms with van der Waals surface area (Å²) in [4.78, 5) is 34.3. The Bertz CT molecular complexity index is 1000. The summed E-state index contributed by atoms with van der Waals surface area (Å²) in [6.45, 7) is 7.06. The van der Waals surface area contributed by atoms with Gasteiger partial charge in [0.05, 0.1) is 16.7 Å². The van der Waals surface area contributed by atoms with Crippen LogP contribution < -0.4 is 10.9 Å². The van der Waals surface area contributed by atoms with Gasteiger partial charge in [0.25, 0.3) is 5.56 Å². The van der Waals surface area contributed by atoms with E-state index in [1.807, 2.05) is 39.0 Å². The highest BCUT2D eigenvalue weighted by Gasteiger charge is 2.27. The molecule has 1 aliphatic heterocycles. The van der Waals surface area contributed by atoms with Crippen molar-refractivity contribution in [3.05, 3.63) is 34.4 Å². The van der Waals surface area contributed by atoms with Crippen molar-refractivity contribution in [2.45, 2.75) is 81.9 Å². The van der Waals surface area contributed by atoms with Gasteiger partial charge in [-0.15, -0.1) is 0 Å². The molecule has 2 aromatic rings. The first kappa shape index (κ1) is 23.0. The number of rotatable bonds is 5. The Morgan fingerprint density at radius 2 is 1.94 bits per heavy atom. The first-order valence-corrected chi connectivity index (χ1v) is 12.7. The Hall–Kier alpha value is -2.22. The minimum absolute atomic E-state index is 0.0854. The summed E-state index contributed by atoms with van der Waals surface area (Å²) < 4.78 is 5.47. The molecule has 4 rings (SSSR count). The third-order valence-electron chi connectivity index (χ3n) is 6.03. The van der Waals surface area contributed by atoms with Crippen molar-refractivity contribution in [2.24, 2.45) is 0 Å². The number of anilines is 1. The molecule has 2 aliphatic rings. The molecule has 2 fully saturated rings. The number of likely N-dealkylation sites (tertiary alicyclic amines) is 1. The molecule has 0 unspecified atom stereocenters. The molecule has 0 radical (unpaired) electrons. The molecule has 1 aliphatic carbocycles. The molecule has 0 bridgehead atoms. The molecule has 2 heterocycles. The summed E-state index contributed by atoms with van der Waals surface area (Å²) in [7, 11) is 0. The van der Waals surface area contributed by atoms with Crippen molar-refractivity contribution >= 4 is 34.4 Å². The van der Waals surface area contributed by atoms with Gasteiger partial charge in [-0.1, -0.05) is 12.8 Å². The number of piperidine rings is 1. The van der Waals surface area contributed by atoms with E-state index in [-0.39, 0.29) is 11.7 Å². The molecule has 1 aromatic heterocycles. The topological polar surface area (TPSA) is 87.3 Å². The molecule has 2 N–H and O–H groups in total. The van der Waals surface area contributed by atoms with Crippen molar-refractivity contribution < 1.29 is 9.53 Å². The molecule has 1 saturated carbocycles. The van der Waals surface area contributed by atoms with E-state index in [1.165, 1.54) is 25.7 Å². The highest BCUT2D eigenvalue weighted by molar-refractivity contribution is 7.99. The second kappa shape index (κ2) is 9.73. The van der Waals surface area contributed by atoms with Crippen molar-refractivity contribution in [3.63, 3.8) is 0 Å². The summed E-state index contributed by atoms with van der Waals surface area (Å²) in [6, 6.07) is 6.36. The molecule has 1 aromatic carbocycles. The maximum absolute atomic E-state index is 12.6. The van der Waals surface area contributed by atoms with Gasteiger partial charge in [0, 0.05) is 30.1 Å². The summed E-state index contributed by atoms with van der Waals surface area (Å²) >= 11 is 1.80. The Morgan fingerprint density at radius 3 is 2.62 bits per heavy atom. The lowest BCUT2D eigenvalue weighted by Crippen LogP contribution is -2.42. The van der Waals surface area contributed by atoms with Crippen LogP contribution in [0.5, 0.6) is 0 Å². The number of aromatic nitrogens is 2. The molecule has 32 heavy (non-hydrogen) atoms. The van der Waals surface area contributed by atoms with Crippen LogP contribution in [0.4, 0.5) is 10.5 Å². The second-order valence-corrected chi connectivity index (χ2v) is 11.1. The average molecular weight is 459 g/mol. The lowest BCUT2D eigenvalue weighted by atomic mass is 10.1. The number of hydrogen-bond acceptors (Lipinski definition) is 6. The minimum Gasteiger partial charge on any atom is -0.444 e. The Morgan fingerprint density at radius 1 is 1.22 bits per heavy atom. The highest BCUT2D eigenvalue weighted by Crippen LogP contribution is 2.27. The number of amides is 1. The number of aromatic amines is 1. The summed E-state index contributed by atoms with van der Waals surface area (Å²) in [5, 5.41) is 4.64. The van der Waals surface area contributed by atoms with Crippen LogP contribution in [0.15, 0.2) is 23.0 Å². The van der Waals surface area contributed by atoms with Gasteiger partial charge in [-0.25, -0.2) is 9.78 Å². The van der Waals surface area contributed by atoms with E-state index < -0.39 is 5.60 Å². The standard InChI is InChI=1S/C24H34N4O3S/c1-24(2,3)31-23(30)28-12-10-18(11-13-28)32-15-21-26-20-14-17(25-16-6-4-5-7-16)8-9-19(20)22(29)27-21/h8-9,14,16,18,25H,4-7,10-13,15H2,1-3H3,(H,26,27,29). The van der Waals surface area contributed by atoms with Crippen LogP contribution in [0.25, 0.3) is 10.9 Å². The van der Waals surface area contributed by atoms with Crippen molar-refractivity contribution in [2.75, 3.05) is 18.4 Å². The van der Waals surface area contributed by atoms with E-state index in [4.69, 9.17) is 9.72 Å². The number of hydrogen-bond donors (Lipinski definition) is 2. The number of carbonyl (C=O) groups is 1. The highest BCUT2D eigenvalue weighted by atomic mass is 32.2. The monoisotopic (exact) mass is 458 g/mol. The minimum atomic E-state index is -0.469. The van der Waals surface area contributed by atoms with Crippen LogP contribution in [0.1, 0.15) is 65.1 Å².